The number of hydrogen-bond donors (Lipinski definition) is 3. The molecular formula is C15H20N6O4S2. The third kappa shape index (κ3) is 5.39. The van der Waals surface area contributed by atoms with Crippen LogP contribution in [0.3, 0.4) is 0 Å². The van der Waals surface area contributed by atoms with Gasteiger partial charge >= 0.3 is 6.03 Å². The number of carbonyl (C=O) groups excluding carboxylic acids is 4. The highest BCUT2D eigenvalue weighted by Crippen LogP contribution is 2.39. The van der Waals surface area contributed by atoms with Gasteiger partial charge in [0.05, 0.1) is 11.3 Å². The Morgan fingerprint density at radius 3 is 2.78 bits per heavy atom. The first-order valence-electron chi connectivity index (χ1n) is 8.41. The summed E-state index contributed by atoms with van der Waals surface area (Å²) in [4.78, 5) is 48.4. The number of nitrogens with zero attached hydrogens (tertiary/aromatic N) is 3. The highest BCUT2D eigenvalue weighted by atomic mass is 32.2. The minimum absolute atomic E-state index is 0.119. The summed E-state index contributed by atoms with van der Waals surface area (Å²) < 4.78 is 0.724. The standard InChI is InChI=1S/C15H20N6O4S2/c1-15(9-2-3-9,7-16-12(24)6-26-14-20-17-8-27-14)19-11(23)5-21-4-10(22)18-13(21)25/h8-9H,2-7H2,1H3,(H,16,24)(H,19,23)(H,18,22,25). The Bertz CT molecular complexity index is 739. The molecule has 1 aromatic rings. The van der Waals surface area contributed by atoms with Crippen molar-refractivity contribution in [1.82, 2.24) is 31.0 Å². The molecule has 12 heteroatoms. The molecule has 1 aromatic heterocycles. The van der Waals surface area contributed by atoms with Crippen molar-refractivity contribution in [2.45, 2.75) is 29.6 Å². The number of thioether (sulfide) groups is 1. The first kappa shape index (κ1) is 19.5. The van der Waals surface area contributed by atoms with Gasteiger partial charge in [-0.3, -0.25) is 19.7 Å². The fraction of sp³-hybridized carbons (Fsp3) is 0.600. The van der Waals surface area contributed by atoms with E-state index in [2.05, 4.69) is 26.1 Å². The Balaban J connectivity index is 1.47. The van der Waals surface area contributed by atoms with Crippen molar-refractivity contribution in [3.05, 3.63) is 5.51 Å². The molecule has 1 atom stereocenters. The second-order valence-electron chi connectivity index (χ2n) is 6.72. The number of imide groups is 1. The third-order valence-electron chi connectivity index (χ3n) is 4.43. The Hall–Kier alpha value is -2.21. The number of rotatable bonds is 9. The maximum absolute atomic E-state index is 12.4. The van der Waals surface area contributed by atoms with Gasteiger partial charge in [-0.15, -0.1) is 10.2 Å². The lowest BCUT2D eigenvalue weighted by Gasteiger charge is -2.32. The molecule has 146 valence electrons. The van der Waals surface area contributed by atoms with Crippen molar-refractivity contribution in [3.8, 4) is 0 Å². The maximum atomic E-state index is 12.4. The summed E-state index contributed by atoms with van der Waals surface area (Å²) in [5.74, 6) is -0.433. The van der Waals surface area contributed by atoms with Crippen LogP contribution in [-0.4, -0.2) is 69.8 Å². The molecule has 0 spiro atoms. The van der Waals surface area contributed by atoms with Crippen LogP contribution >= 0.6 is 23.1 Å². The van der Waals surface area contributed by atoms with E-state index in [1.807, 2.05) is 6.92 Å². The van der Waals surface area contributed by atoms with Gasteiger partial charge in [0, 0.05) is 6.54 Å². The van der Waals surface area contributed by atoms with E-state index in [4.69, 9.17) is 0 Å². The smallest absolute Gasteiger partial charge is 0.325 e. The Kier molecular flexibility index (Phi) is 5.95. The normalized spacial score (nSPS) is 18.8. The number of aromatic nitrogens is 2. The highest BCUT2D eigenvalue weighted by molar-refractivity contribution is 8.01. The fourth-order valence-electron chi connectivity index (χ4n) is 2.84. The predicted octanol–water partition coefficient (Wildman–Crippen LogP) is -0.417. The van der Waals surface area contributed by atoms with E-state index in [0.29, 0.717) is 6.54 Å². The monoisotopic (exact) mass is 412 g/mol. The van der Waals surface area contributed by atoms with E-state index < -0.39 is 17.5 Å². The van der Waals surface area contributed by atoms with Crippen molar-refractivity contribution in [2.24, 2.45) is 5.92 Å². The van der Waals surface area contributed by atoms with Gasteiger partial charge in [0.15, 0.2) is 4.34 Å². The molecule has 1 saturated heterocycles. The van der Waals surface area contributed by atoms with Crippen molar-refractivity contribution in [1.29, 1.82) is 0 Å². The molecule has 27 heavy (non-hydrogen) atoms. The Morgan fingerprint density at radius 1 is 1.41 bits per heavy atom. The fourth-order valence-corrected chi connectivity index (χ4v) is 4.16. The van der Waals surface area contributed by atoms with Gasteiger partial charge in [0.1, 0.15) is 18.6 Å². The van der Waals surface area contributed by atoms with E-state index in [1.165, 1.54) is 23.1 Å². The Morgan fingerprint density at radius 2 is 2.19 bits per heavy atom. The molecule has 1 saturated carbocycles. The molecule has 0 bridgehead atoms. The zero-order valence-corrected chi connectivity index (χ0v) is 16.3. The van der Waals surface area contributed by atoms with E-state index in [-0.39, 0.29) is 36.6 Å². The zero-order chi connectivity index (χ0) is 19.4. The van der Waals surface area contributed by atoms with Gasteiger partial charge in [-0.2, -0.15) is 0 Å². The van der Waals surface area contributed by atoms with Gasteiger partial charge < -0.3 is 15.5 Å². The number of amides is 5. The summed E-state index contributed by atoms with van der Waals surface area (Å²) in [5.41, 5.74) is 1.01. The Labute approximate surface area is 163 Å². The van der Waals surface area contributed by atoms with E-state index in [0.717, 1.165) is 22.1 Å². The second-order valence-corrected chi connectivity index (χ2v) is 8.78. The molecule has 1 aliphatic heterocycles. The van der Waals surface area contributed by atoms with Crippen molar-refractivity contribution in [3.63, 3.8) is 0 Å². The average molecular weight is 412 g/mol. The molecule has 3 N–H and O–H groups in total. The SMILES string of the molecule is CC(CNC(=O)CSc1nncs1)(NC(=O)CN1CC(=O)NC1=O)C1CC1. The summed E-state index contributed by atoms with van der Waals surface area (Å²) in [6.07, 6.45) is 1.93. The maximum Gasteiger partial charge on any atom is 0.325 e. The summed E-state index contributed by atoms with van der Waals surface area (Å²) in [5, 5.41) is 15.5. The number of nitrogens with one attached hydrogen (secondary N) is 3. The molecule has 1 aliphatic carbocycles. The molecule has 0 aromatic carbocycles. The molecule has 2 fully saturated rings. The van der Waals surface area contributed by atoms with Crippen LogP contribution in [0.1, 0.15) is 19.8 Å². The predicted molar refractivity (Wildman–Crippen MR) is 98.0 cm³/mol. The van der Waals surface area contributed by atoms with Crippen molar-refractivity contribution >= 4 is 46.9 Å². The summed E-state index contributed by atoms with van der Waals surface area (Å²) >= 11 is 2.68. The largest absolute Gasteiger partial charge is 0.353 e. The highest BCUT2D eigenvalue weighted by Gasteiger charge is 2.43. The molecule has 2 aliphatic rings. The second kappa shape index (κ2) is 8.21. The number of carbonyl (C=O) groups is 4. The third-order valence-corrected chi connectivity index (χ3v) is 6.29. The lowest BCUT2D eigenvalue weighted by atomic mass is 9.95. The molecule has 5 amide bonds. The van der Waals surface area contributed by atoms with Crippen LogP contribution in [0.15, 0.2) is 9.85 Å². The van der Waals surface area contributed by atoms with Gasteiger partial charge in [0.2, 0.25) is 17.7 Å². The summed E-state index contributed by atoms with van der Waals surface area (Å²) in [7, 11) is 0. The van der Waals surface area contributed by atoms with Crippen LogP contribution in [0.4, 0.5) is 4.79 Å². The number of urea groups is 1. The van der Waals surface area contributed by atoms with Gasteiger partial charge in [-0.25, -0.2) is 4.79 Å². The molecule has 3 rings (SSSR count). The van der Waals surface area contributed by atoms with Gasteiger partial charge in [0.25, 0.3) is 0 Å². The minimum atomic E-state index is -0.597. The quantitative estimate of drug-likeness (QED) is 0.371. The lowest BCUT2D eigenvalue weighted by molar-refractivity contribution is -0.125. The van der Waals surface area contributed by atoms with Crippen molar-refractivity contribution < 1.29 is 19.2 Å². The van der Waals surface area contributed by atoms with Crippen LogP contribution < -0.4 is 16.0 Å². The van der Waals surface area contributed by atoms with Gasteiger partial charge in [-0.05, 0) is 25.7 Å². The van der Waals surface area contributed by atoms with E-state index >= 15 is 0 Å². The average Bonchev–Trinajstić information content (AvgIpc) is 3.26. The van der Waals surface area contributed by atoms with E-state index in [1.54, 1.807) is 5.51 Å². The summed E-state index contributed by atoms with van der Waals surface area (Å²) in [6.45, 7) is 1.87. The van der Waals surface area contributed by atoms with Crippen LogP contribution in [0.5, 0.6) is 0 Å². The van der Waals surface area contributed by atoms with Crippen LogP contribution in [-0.2, 0) is 14.4 Å². The molecule has 10 nitrogen and oxygen atoms in total. The first-order valence-corrected chi connectivity index (χ1v) is 10.3. The van der Waals surface area contributed by atoms with Crippen LogP contribution in [0.2, 0.25) is 0 Å². The van der Waals surface area contributed by atoms with Crippen molar-refractivity contribution in [2.75, 3.05) is 25.4 Å². The lowest BCUT2D eigenvalue weighted by Crippen LogP contribution is -2.57. The summed E-state index contributed by atoms with van der Waals surface area (Å²) in [6, 6.07) is -0.565. The molecular weight excluding hydrogens is 392 g/mol. The molecule has 0 radical (unpaired) electrons. The zero-order valence-electron chi connectivity index (χ0n) is 14.7. The van der Waals surface area contributed by atoms with Crippen LogP contribution in [0, 0.1) is 5.92 Å². The molecule has 2 heterocycles. The van der Waals surface area contributed by atoms with E-state index in [9.17, 15) is 19.2 Å². The topological polar surface area (TPSA) is 133 Å². The minimum Gasteiger partial charge on any atom is -0.353 e. The first-order chi connectivity index (χ1) is 12.9. The van der Waals surface area contributed by atoms with Gasteiger partial charge in [-0.1, -0.05) is 23.1 Å². The van der Waals surface area contributed by atoms with Crippen LogP contribution in [0.25, 0.3) is 0 Å². The molecule has 1 unspecified atom stereocenters. The number of hydrogen-bond acceptors (Lipinski definition) is 8.